The van der Waals surface area contributed by atoms with Gasteiger partial charge in [-0.1, -0.05) is 0 Å². The maximum absolute atomic E-state index is 11.4. The fourth-order valence-electron chi connectivity index (χ4n) is 0.937. The second kappa shape index (κ2) is 4.71. The molecular weight excluding hydrogens is 202 g/mol. The molecule has 76 valence electrons. The molecule has 0 bridgehead atoms. The average Bonchev–Trinajstić information content (AvgIpc) is 2.55. The monoisotopic (exact) mass is 213 g/mol. The van der Waals surface area contributed by atoms with Crippen molar-refractivity contribution < 1.29 is 9.59 Å². The third-order valence-corrected chi connectivity index (χ3v) is 2.27. The normalized spacial score (nSPS) is 9.79. The van der Waals surface area contributed by atoms with Crippen molar-refractivity contribution in [1.29, 1.82) is 0 Å². The van der Waals surface area contributed by atoms with E-state index in [1.54, 1.807) is 17.9 Å². The Bertz CT molecular complexity index is 323. The van der Waals surface area contributed by atoms with E-state index >= 15 is 0 Å². The molecule has 0 spiro atoms. The molecule has 2 N–H and O–H groups in total. The van der Waals surface area contributed by atoms with Crippen LogP contribution in [-0.2, 0) is 16.0 Å². The minimum absolute atomic E-state index is 0.0526. The first kappa shape index (κ1) is 10.6. The Balaban J connectivity index is 2.46. The highest BCUT2D eigenvalue weighted by Crippen LogP contribution is 2.03. The van der Waals surface area contributed by atoms with Crippen molar-refractivity contribution in [3.63, 3.8) is 0 Å². The summed E-state index contributed by atoms with van der Waals surface area (Å²) in [4.78, 5) is 27.2. The van der Waals surface area contributed by atoms with Crippen LogP contribution >= 0.6 is 11.3 Å². The molecule has 0 saturated carbocycles. The predicted octanol–water partition coefficient (Wildman–Crippen LogP) is -0.371. The molecule has 0 aliphatic heterocycles. The van der Waals surface area contributed by atoms with Gasteiger partial charge in [-0.3, -0.25) is 9.59 Å². The zero-order valence-electron chi connectivity index (χ0n) is 7.77. The van der Waals surface area contributed by atoms with Gasteiger partial charge in [-0.15, -0.1) is 11.3 Å². The Morgan fingerprint density at radius 2 is 2.36 bits per heavy atom. The highest BCUT2D eigenvalue weighted by Gasteiger charge is 2.12. The van der Waals surface area contributed by atoms with Crippen molar-refractivity contribution in [2.75, 3.05) is 13.6 Å². The van der Waals surface area contributed by atoms with Gasteiger partial charge in [0.1, 0.15) is 0 Å². The van der Waals surface area contributed by atoms with Gasteiger partial charge in [0, 0.05) is 12.4 Å². The largest absolute Gasteiger partial charge is 0.368 e. The van der Waals surface area contributed by atoms with Crippen LogP contribution in [0.4, 0.5) is 0 Å². The van der Waals surface area contributed by atoms with Crippen molar-refractivity contribution in [2.24, 2.45) is 5.73 Å². The minimum Gasteiger partial charge on any atom is -0.368 e. The third-order valence-electron chi connectivity index (χ3n) is 1.63. The lowest BCUT2D eigenvalue weighted by atomic mass is 10.3. The molecule has 1 rings (SSSR count). The molecule has 0 aliphatic rings. The quantitative estimate of drug-likeness (QED) is 0.741. The number of nitrogens with zero attached hydrogens (tertiary/aromatic N) is 2. The van der Waals surface area contributed by atoms with Gasteiger partial charge >= 0.3 is 0 Å². The molecule has 0 aliphatic carbocycles. The topological polar surface area (TPSA) is 76.3 Å². The smallest absolute Gasteiger partial charge is 0.237 e. The molecule has 0 radical (unpaired) electrons. The van der Waals surface area contributed by atoms with Crippen LogP contribution in [0.1, 0.15) is 5.69 Å². The molecule has 2 amide bonds. The maximum Gasteiger partial charge on any atom is 0.237 e. The van der Waals surface area contributed by atoms with Crippen molar-refractivity contribution in [3.8, 4) is 0 Å². The van der Waals surface area contributed by atoms with E-state index in [9.17, 15) is 9.59 Å². The Labute approximate surface area is 85.5 Å². The summed E-state index contributed by atoms with van der Waals surface area (Å²) in [5.41, 5.74) is 7.34. The van der Waals surface area contributed by atoms with Gasteiger partial charge in [-0.05, 0) is 0 Å². The highest BCUT2D eigenvalue weighted by atomic mass is 32.1. The molecule has 1 aromatic heterocycles. The Morgan fingerprint density at radius 3 is 2.86 bits per heavy atom. The Hall–Kier alpha value is -1.43. The maximum atomic E-state index is 11.4. The SMILES string of the molecule is CN(CC(N)=O)C(=O)Cc1cscn1. The summed E-state index contributed by atoms with van der Waals surface area (Å²) in [6, 6.07) is 0. The highest BCUT2D eigenvalue weighted by molar-refractivity contribution is 7.07. The summed E-state index contributed by atoms with van der Waals surface area (Å²) in [5, 5.41) is 1.80. The average molecular weight is 213 g/mol. The van der Waals surface area contributed by atoms with E-state index in [0.29, 0.717) is 0 Å². The van der Waals surface area contributed by atoms with E-state index in [1.807, 2.05) is 0 Å². The number of carbonyl (C=O) groups is 2. The van der Waals surface area contributed by atoms with E-state index in [1.165, 1.54) is 16.2 Å². The lowest BCUT2D eigenvalue weighted by molar-refractivity contribution is -0.133. The summed E-state index contributed by atoms with van der Waals surface area (Å²) in [7, 11) is 1.54. The first-order valence-electron chi connectivity index (χ1n) is 3.99. The molecule has 1 aromatic rings. The first-order chi connectivity index (χ1) is 6.59. The van der Waals surface area contributed by atoms with E-state index in [4.69, 9.17) is 5.73 Å². The van der Waals surface area contributed by atoms with E-state index in [0.717, 1.165) is 5.69 Å². The van der Waals surface area contributed by atoms with E-state index < -0.39 is 5.91 Å². The molecule has 1 heterocycles. The Morgan fingerprint density at radius 1 is 1.64 bits per heavy atom. The van der Waals surface area contributed by atoms with Crippen LogP contribution in [0.5, 0.6) is 0 Å². The van der Waals surface area contributed by atoms with Crippen LogP contribution in [-0.4, -0.2) is 35.3 Å². The van der Waals surface area contributed by atoms with Gasteiger partial charge in [0.05, 0.1) is 24.2 Å². The summed E-state index contributed by atoms with van der Waals surface area (Å²) in [6.07, 6.45) is 0.216. The molecule has 14 heavy (non-hydrogen) atoms. The number of thiazole rings is 1. The van der Waals surface area contributed by atoms with Gasteiger partial charge in [-0.2, -0.15) is 0 Å². The number of hydrogen-bond acceptors (Lipinski definition) is 4. The minimum atomic E-state index is -0.515. The fraction of sp³-hybridized carbons (Fsp3) is 0.375. The van der Waals surface area contributed by atoms with Gasteiger partial charge in [0.2, 0.25) is 11.8 Å². The van der Waals surface area contributed by atoms with Crippen molar-refractivity contribution in [1.82, 2.24) is 9.88 Å². The molecule has 0 atom stereocenters. The van der Waals surface area contributed by atoms with E-state index in [-0.39, 0.29) is 18.9 Å². The van der Waals surface area contributed by atoms with E-state index in [2.05, 4.69) is 4.98 Å². The predicted molar refractivity (Wildman–Crippen MR) is 52.6 cm³/mol. The van der Waals surface area contributed by atoms with Crippen LogP contribution < -0.4 is 5.73 Å². The van der Waals surface area contributed by atoms with Crippen LogP contribution in [0, 0.1) is 0 Å². The molecule has 6 heteroatoms. The number of nitrogens with two attached hydrogens (primary N) is 1. The standard InChI is InChI=1S/C8H11N3O2S/c1-11(3-7(9)12)8(13)2-6-4-14-5-10-6/h4-5H,2-3H2,1H3,(H2,9,12). The molecule has 0 saturated heterocycles. The van der Waals surface area contributed by atoms with Gasteiger partial charge in [-0.25, -0.2) is 4.98 Å². The zero-order chi connectivity index (χ0) is 10.6. The van der Waals surface area contributed by atoms with Gasteiger partial charge < -0.3 is 10.6 Å². The number of likely N-dealkylation sites (N-methyl/N-ethyl adjacent to an activating group) is 1. The second-order valence-electron chi connectivity index (χ2n) is 2.87. The number of aromatic nitrogens is 1. The lowest BCUT2D eigenvalue weighted by Crippen LogP contribution is -2.36. The molecule has 5 nitrogen and oxygen atoms in total. The molecule has 0 aromatic carbocycles. The van der Waals surface area contributed by atoms with Crippen LogP contribution in [0.2, 0.25) is 0 Å². The molecular formula is C8H11N3O2S. The van der Waals surface area contributed by atoms with Gasteiger partial charge in [0.15, 0.2) is 0 Å². The Kier molecular flexibility index (Phi) is 3.58. The first-order valence-corrected chi connectivity index (χ1v) is 4.93. The van der Waals surface area contributed by atoms with Crippen LogP contribution in [0.15, 0.2) is 10.9 Å². The summed E-state index contributed by atoms with van der Waals surface area (Å²) < 4.78 is 0. The fourth-order valence-corrected chi connectivity index (χ4v) is 1.50. The second-order valence-corrected chi connectivity index (χ2v) is 3.59. The molecule has 0 fully saturated rings. The number of amides is 2. The van der Waals surface area contributed by atoms with Crippen LogP contribution in [0.3, 0.4) is 0 Å². The molecule has 0 unspecified atom stereocenters. The lowest BCUT2D eigenvalue weighted by Gasteiger charge is -2.13. The summed E-state index contributed by atoms with van der Waals surface area (Å²) in [6.45, 7) is -0.0526. The van der Waals surface area contributed by atoms with Crippen molar-refractivity contribution in [3.05, 3.63) is 16.6 Å². The number of primary amides is 1. The third kappa shape index (κ3) is 3.14. The zero-order valence-corrected chi connectivity index (χ0v) is 8.58. The van der Waals surface area contributed by atoms with Crippen LogP contribution in [0.25, 0.3) is 0 Å². The summed E-state index contributed by atoms with van der Waals surface area (Å²) >= 11 is 1.43. The van der Waals surface area contributed by atoms with Crippen molar-refractivity contribution >= 4 is 23.2 Å². The number of hydrogen-bond donors (Lipinski definition) is 1. The van der Waals surface area contributed by atoms with Crippen molar-refractivity contribution in [2.45, 2.75) is 6.42 Å². The summed E-state index contributed by atoms with van der Waals surface area (Å²) in [5.74, 6) is -0.672. The number of carbonyl (C=O) groups excluding carboxylic acids is 2. The number of rotatable bonds is 4. The van der Waals surface area contributed by atoms with Gasteiger partial charge in [0.25, 0.3) is 0 Å².